The van der Waals surface area contributed by atoms with Crippen molar-refractivity contribution in [3.8, 4) is 11.1 Å². The number of fused-ring (bicyclic) bond motifs is 10. The van der Waals surface area contributed by atoms with Gasteiger partial charge in [-0.2, -0.15) is 0 Å². The number of furan rings is 1. The van der Waals surface area contributed by atoms with Crippen molar-refractivity contribution in [2.75, 3.05) is 9.80 Å². The van der Waals surface area contributed by atoms with Crippen LogP contribution in [0.15, 0.2) is 265 Å². The number of hydrogen-bond donors (Lipinski definition) is 0. The van der Waals surface area contributed by atoms with Crippen molar-refractivity contribution >= 4 is 61.6 Å². The number of rotatable bonds is 7. The molecule has 1 atom stereocenters. The van der Waals surface area contributed by atoms with Crippen molar-refractivity contribution in [3.05, 3.63) is 305 Å². The van der Waals surface area contributed by atoms with Crippen LogP contribution >= 0.6 is 0 Å². The molecule has 1 aromatic heterocycles. The van der Waals surface area contributed by atoms with Gasteiger partial charge in [0.1, 0.15) is 11.2 Å². The van der Waals surface area contributed by atoms with Gasteiger partial charge in [-0.15, -0.1) is 0 Å². The first-order valence-electron chi connectivity index (χ1n) is 24.9. The van der Waals surface area contributed by atoms with Crippen LogP contribution in [0, 0.1) is 0 Å². The normalized spacial score (nSPS) is 16.6. The summed E-state index contributed by atoms with van der Waals surface area (Å²) in [6, 6.07) is 90.2. The topological polar surface area (TPSA) is 19.6 Å². The monoisotopic (exact) mass is 906 g/mol. The van der Waals surface area contributed by atoms with Gasteiger partial charge >= 0.3 is 0 Å². The van der Waals surface area contributed by atoms with E-state index in [1.54, 1.807) is 0 Å². The molecular formula is C68H46N2O. The SMILES string of the molecule is C1=CC2=C(CC1)C(c1ccccc1)(c1ccccc1)c1cc(N(c3ccc4c(c3)C3(c5ccccc5)c5ccccc5N(c5ccccc5)c5cccc-4c53)c3ccc4oc5ccccc5c4c3)ccc12. The third-order valence-electron chi connectivity index (χ3n) is 16.0. The Morgan fingerprint density at radius 3 is 1.70 bits per heavy atom. The zero-order valence-electron chi connectivity index (χ0n) is 39.0. The summed E-state index contributed by atoms with van der Waals surface area (Å²) in [4.78, 5) is 4.97. The van der Waals surface area contributed by atoms with Crippen molar-refractivity contribution in [1.29, 1.82) is 0 Å². The number of anilines is 6. The summed E-state index contributed by atoms with van der Waals surface area (Å²) in [5.74, 6) is 0. The molecule has 10 aromatic carbocycles. The predicted molar refractivity (Wildman–Crippen MR) is 292 cm³/mol. The zero-order valence-corrected chi connectivity index (χ0v) is 39.0. The molecule has 3 aliphatic carbocycles. The Morgan fingerprint density at radius 1 is 0.408 bits per heavy atom. The fraction of sp³-hybridized carbons (Fsp3) is 0.0588. The van der Waals surface area contributed by atoms with Crippen molar-refractivity contribution in [2.45, 2.75) is 23.7 Å². The number of allylic oxidation sites excluding steroid dienone is 4. The molecule has 0 fully saturated rings. The van der Waals surface area contributed by atoms with E-state index < -0.39 is 10.8 Å². The predicted octanol–water partition coefficient (Wildman–Crippen LogP) is 17.7. The van der Waals surface area contributed by atoms with Crippen LogP contribution in [0.1, 0.15) is 57.3 Å². The highest BCUT2D eigenvalue weighted by Gasteiger charge is 2.53. The van der Waals surface area contributed by atoms with Crippen molar-refractivity contribution < 1.29 is 4.42 Å². The lowest BCUT2D eigenvalue weighted by Gasteiger charge is -2.44. The van der Waals surface area contributed by atoms with Crippen molar-refractivity contribution in [1.82, 2.24) is 0 Å². The van der Waals surface area contributed by atoms with Crippen LogP contribution < -0.4 is 9.80 Å². The van der Waals surface area contributed by atoms with E-state index in [1.165, 1.54) is 78.2 Å². The van der Waals surface area contributed by atoms with Crippen molar-refractivity contribution in [3.63, 3.8) is 0 Å². The van der Waals surface area contributed by atoms with Gasteiger partial charge in [-0.3, -0.25) is 0 Å². The van der Waals surface area contributed by atoms with Crippen LogP contribution in [-0.4, -0.2) is 0 Å². The van der Waals surface area contributed by atoms with E-state index in [-0.39, 0.29) is 0 Å². The molecule has 1 unspecified atom stereocenters. The van der Waals surface area contributed by atoms with E-state index in [9.17, 15) is 0 Å². The second-order valence-electron chi connectivity index (χ2n) is 19.4. The van der Waals surface area contributed by atoms with E-state index in [2.05, 4.69) is 265 Å². The number of nitrogens with zero attached hydrogens (tertiary/aromatic N) is 2. The third-order valence-corrected chi connectivity index (χ3v) is 16.0. The smallest absolute Gasteiger partial charge is 0.135 e. The highest BCUT2D eigenvalue weighted by Crippen LogP contribution is 2.66. The lowest BCUT2D eigenvalue weighted by atomic mass is 9.65. The van der Waals surface area contributed by atoms with Gasteiger partial charge in [-0.05, 0) is 147 Å². The second kappa shape index (κ2) is 15.3. The van der Waals surface area contributed by atoms with Gasteiger partial charge in [0.2, 0.25) is 0 Å². The van der Waals surface area contributed by atoms with Gasteiger partial charge in [-0.25, -0.2) is 0 Å². The summed E-state index contributed by atoms with van der Waals surface area (Å²) in [5.41, 5.74) is 23.1. The Labute approximate surface area is 413 Å². The standard InChI is InChI=1S/C68H46N2O/c1-5-20-45(21-6-1)67(46-22-7-2-8-23-46)58-31-15-13-28-52(58)53-39-36-50(43-60(53)67)69(49-38-41-65-57(42-49)55-29-14-18-35-64(55)71-65)51-37-40-54-56-30-19-34-63-66(56)68(61(54)44-51,47-24-9-3-10-25-47)59-32-16-17-33-62(59)70(63)48-26-11-4-12-27-48/h1-14,16-30,32-44H,15,31H2. The molecular weight excluding hydrogens is 861 g/mol. The fourth-order valence-corrected chi connectivity index (χ4v) is 13.3. The molecule has 11 aromatic rings. The molecule has 71 heavy (non-hydrogen) atoms. The first-order chi connectivity index (χ1) is 35.2. The van der Waals surface area contributed by atoms with E-state index in [4.69, 9.17) is 4.42 Å². The quantitative estimate of drug-likeness (QED) is 0.159. The summed E-state index contributed by atoms with van der Waals surface area (Å²) in [6.07, 6.45) is 6.75. The summed E-state index contributed by atoms with van der Waals surface area (Å²) in [5, 5.41) is 2.20. The molecule has 3 nitrogen and oxygen atoms in total. The van der Waals surface area contributed by atoms with E-state index in [0.717, 1.165) is 57.5 Å². The minimum Gasteiger partial charge on any atom is -0.456 e. The van der Waals surface area contributed by atoms with E-state index in [0.29, 0.717) is 0 Å². The molecule has 0 radical (unpaired) electrons. The Kier molecular flexibility index (Phi) is 8.62. The van der Waals surface area contributed by atoms with E-state index in [1.807, 2.05) is 0 Å². The maximum atomic E-state index is 6.48. The lowest BCUT2D eigenvalue weighted by Crippen LogP contribution is -2.36. The molecule has 0 N–H and O–H groups in total. The van der Waals surface area contributed by atoms with Crippen LogP contribution in [0.4, 0.5) is 34.1 Å². The number of benzene rings is 10. The highest BCUT2D eigenvalue weighted by atomic mass is 16.3. The Balaban J connectivity index is 1.02. The fourth-order valence-electron chi connectivity index (χ4n) is 13.3. The van der Waals surface area contributed by atoms with Crippen LogP contribution in [-0.2, 0) is 10.8 Å². The molecule has 1 aliphatic heterocycles. The van der Waals surface area contributed by atoms with Gasteiger partial charge in [-0.1, -0.05) is 182 Å². The van der Waals surface area contributed by atoms with Crippen LogP contribution in [0.3, 0.4) is 0 Å². The van der Waals surface area contributed by atoms with Crippen molar-refractivity contribution in [2.24, 2.45) is 0 Å². The maximum absolute atomic E-state index is 6.48. The second-order valence-corrected chi connectivity index (χ2v) is 19.4. The van der Waals surface area contributed by atoms with Gasteiger partial charge in [0.25, 0.3) is 0 Å². The van der Waals surface area contributed by atoms with E-state index >= 15 is 0 Å². The first kappa shape index (κ1) is 40.0. The summed E-state index contributed by atoms with van der Waals surface area (Å²) < 4.78 is 6.48. The number of para-hydroxylation sites is 3. The summed E-state index contributed by atoms with van der Waals surface area (Å²) in [7, 11) is 0. The third kappa shape index (κ3) is 5.49. The molecule has 0 spiro atoms. The Morgan fingerprint density at radius 2 is 0.972 bits per heavy atom. The average molecular weight is 907 g/mol. The molecule has 0 amide bonds. The highest BCUT2D eigenvalue weighted by molar-refractivity contribution is 6.07. The molecule has 334 valence electrons. The minimum absolute atomic E-state index is 0.478. The lowest BCUT2D eigenvalue weighted by molar-refractivity contribution is 0.669. The first-order valence-corrected chi connectivity index (χ1v) is 24.9. The van der Waals surface area contributed by atoms with Crippen LogP contribution in [0.25, 0.3) is 38.6 Å². The van der Waals surface area contributed by atoms with Crippen LogP contribution in [0.2, 0.25) is 0 Å². The summed E-state index contributed by atoms with van der Waals surface area (Å²) >= 11 is 0. The van der Waals surface area contributed by atoms with Gasteiger partial charge in [0, 0.05) is 39.1 Å². The molecule has 2 heterocycles. The molecule has 0 saturated heterocycles. The van der Waals surface area contributed by atoms with Crippen LogP contribution in [0.5, 0.6) is 0 Å². The zero-order chi connectivity index (χ0) is 46.7. The molecule has 0 saturated carbocycles. The Hall–Kier alpha value is -8.92. The molecule has 3 heteroatoms. The molecule has 4 aliphatic rings. The molecule has 0 bridgehead atoms. The summed E-state index contributed by atoms with van der Waals surface area (Å²) in [6.45, 7) is 0. The average Bonchev–Trinajstić information content (AvgIpc) is 4.08. The number of hydrogen-bond acceptors (Lipinski definition) is 3. The Bertz CT molecular complexity index is 3960. The maximum Gasteiger partial charge on any atom is 0.135 e. The van der Waals surface area contributed by atoms with Gasteiger partial charge in [0.05, 0.1) is 22.2 Å². The minimum atomic E-state index is -0.611. The van der Waals surface area contributed by atoms with Gasteiger partial charge < -0.3 is 14.2 Å². The van der Waals surface area contributed by atoms with Gasteiger partial charge in [0.15, 0.2) is 0 Å². The molecule has 15 rings (SSSR count). The largest absolute Gasteiger partial charge is 0.456 e.